The summed E-state index contributed by atoms with van der Waals surface area (Å²) < 4.78 is 8.87. The van der Waals surface area contributed by atoms with Crippen LogP contribution in [0.15, 0.2) is 241 Å². The number of hydrogen-bond donors (Lipinski definition) is 2. The molecule has 0 aliphatic carbocycles. The standard InChI is InChI=1S/2C18H15As.C15H10N2O3.ClH.Ru/c2*1-4-10-16(11-5-1)19(17-12-6-2-7-13-17)18-14-8-3-9-15-18;18-14-13(9-5-1-3-7-11(9)17-14)16-12-8-4-2-6-10(12)15(19)20;;/h2*1-15H;1-8H,(H,19,20)(H,16,17,18);1H;/q;;;;+1/p-1. The van der Waals surface area contributed by atoms with Crippen LogP contribution in [0.2, 0.25) is 0 Å². The molecule has 1 aliphatic rings. The van der Waals surface area contributed by atoms with Gasteiger partial charge in [0.25, 0.3) is 0 Å². The van der Waals surface area contributed by atoms with Gasteiger partial charge in [-0.25, -0.2) is 14.8 Å². The molecule has 297 valence electrons. The molecule has 0 amide bonds. The zero-order valence-electron chi connectivity index (χ0n) is 32.3. The van der Waals surface area contributed by atoms with Gasteiger partial charge in [-0.05, 0) is 18.2 Å². The topological polar surface area (TPSA) is 82.2 Å². The summed E-state index contributed by atoms with van der Waals surface area (Å²) in [6.45, 7) is 0. The molecule has 0 bridgehead atoms. The predicted molar refractivity (Wildman–Crippen MR) is 250 cm³/mol. The predicted octanol–water partition coefficient (Wildman–Crippen LogP) is 8.20. The summed E-state index contributed by atoms with van der Waals surface area (Å²) in [6.07, 6.45) is 0. The summed E-state index contributed by atoms with van der Waals surface area (Å²) in [6, 6.07) is 78.9. The Hall–Kier alpha value is -5.60. The SMILES string of the molecule is O=C(O)c1ccccc1N=C1C(O)=Nc2ccccc21.[Cl][Ru].c1ccc([As](c2ccccc2)c2ccccc2)cc1.c1ccc([As](c2ccccc2)c2ccccc2)cc1. The van der Waals surface area contributed by atoms with Gasteiger partial charge >= 0.3 is 270 Å². The van der Waals surface area contributed by atoms with Crippen molar-refractivity contribution in [2.24, 2.45) is 9.98 Å². The van der Waals surface area contributed by atoms with E-state index in [1.807, 2.05) is 29.4 Å². The summed E-state index contributed by atoms with van der Waals surface area (Å²) in [5, 5.41) is 19.0. The normalized spacial score (nSPS) is 11.8. The summed E-state index contributed by atoms with van der Waals surface area (Å²) in [5.41, 5.74) is 1.96. The number of nitrogens with zero attached hydrogens (tertiary/aromatic N) is 2. The van der Waals surface area contributed by atoms with Crippen molar-refractivity contribution in [1.29, 1.82) is 0 Å². The third-order valence-electron chi connectivity index (χ3n) is 9.05. The number of aliphatic hydroxyl groups is 1. The molecule has 5 nitrogen and oxygen atoms in total. The van der Waals surface area contributed by atoms with Gasteiger partial charge in [-0.2, -0.15) is 0 Å². The van der Waals surface area contributed by atoms with Gasteiger partial charge in [-0.15, -0.1) is 0 Å². The average molecular weight is 1020 g/mol. The molecule has 1 aliphatic heterocycles. The second-order valence-electron chi connectivity index (χ2n) is 12.9. The molecule has 0 aromatic heterocycles. The number of aliphatic hydroxyl groups excluding tert-OH is 1. The summed E-state index contributed by atoms with van der Waals surface area (Å²) in [5.74, 6) is -1.26. The van der Waals surface area contributed by atoms with Crippen LogP contribution in [0.1, 0.15) is 15.9 Å². The average Bonchev–Trinajstić information content (AvgIpc) is 3.64. The Morgan fingerprint density at radius 1 is 0.450 bits per heavy atom. The van der Waals surface area contributed by atoms with Crippen LogP contribution in [-0.4, -0.2) is 57.1 Å². The summed E-state index contributed by atoms with van der Waals surface area (Å²) in [7, 11) is 4.57. The number of para-hydroxylation sites is 2. The minimum atomic E-state index is -1.39. The summed E-state index contributed by atoms with van der Waals surface area (Å²) in [4.78, 5) is 19.4. The van der Waals surface area contributed by atoms with E-state index in [-0.39, 0.29) is 22.9 Å². The third kappa shape index (κ3) is 11.8. The first-order chi connectivity index (χ1) is 29.6. The molecule has 0 radical (unpaired) electrons. The van der Waals surface area contributed by atoms with Crippen molar-refractivity contribution in [2.45, 2.75) is 0 Å². The second-order valence-corrected chi connectivity index (χ2v) is 22.2. The van der Waals surface area contributed by atoms with E-state index < -0.39 is 35.3 Å². The molecule has 8 aromatic rings. The fourth-order valence-electron chi connectivity index (χ4n) is 6.40. The van der Waals surface area contributed by atoms with E-state index in [4.69, 9.17) is 5.11 Å². The molecule has 0 saturated carbocycles. The molecule has 60 heavy (non-hydrogen) atoms. The van der Waals surface area contributed by atoms with Gasteiger partial charge in [0.15, 0.2) is 0 Å². The van der Waals surface area contributed by atoms with Crippen molar-refractivity contribution in [3.05, 3.63) is 242 Å². The number of carbonyl (C=O) groups is 1. The molecule has 9 rings (SSSR count). The van der Waals surface area contributed by atoms with Gasteiger partial charge < -0.3 is 10.2 Å². The first-order valence-corrected chi connectivity index (χ1v) is 26.8. The van der Waals surface area contributed by atoms with Gasteiger partial charge in [0.05, 0.1) is 16.9 Å². The van der Waals surface area contributed by atoms with Gasteiger partial charge in [0, 0.05) is 5.56 Å². The minimum absolute atomic E-state index is 0.0807. The van der Waals surface area contributed by atoms with E-state index in [9.17, 15) is 9.90 Å². The number of aromatic carboxylic acids is 1. The van der Waals surface area contributed by atoms with Crippen molar-refractivity contribution in [3.8, 4) is 0 Å². The molecule has 8 aromatic carbocycles. The Balaban J connectivity index is 0.000000148. The molecule has 1 heterocycles. The van der Waals surface area contributed by atoms with Crippen molar-refractivity contribution in [2.75, 3.05) is 0 Å². The molecule has 2 N–H and O–H groups in total. The van der Waals surface area contributed by atoms with Gasteiger partial charge in [0.1, 0.15) is 5.71 Å². The third-order valence-corrected chi connectivity index (χ3v) is 19.3. The molecular formula is C51H40As2ClN2O3Ru. The number of aliphatic imine (C=N–C) groups is 2. The van der Waals surface area contributed by atoms with Gasteiger partial charge in [-0.3, -0.25) is 0 Å². The Labute approximate surface area is 375 Å². The van der Waals surface area contributed by atoms with Crippen LogP contribution in [0.25, 0.3) is 0 Å². The first-order valence-electron chi connectivity index (χ1n) is 18.9. The van der Waals surface area contributed by atoms with E-state index in [1.165, 1.54) is 32.2 Å². The van der Waals surface area contributed by atoms with Crippen LogP contribution in [0, 0.1) is 0 Å². The van der Waals surface area contributed by atoms with Crippen LogP contribution in [0.4, 0.5) is 11.4 Å². The Morgan fingerprint density at radius 2 is 0.750 bits per heavy atom. The number of carboxylic acids is 1. The monoisotopic (exact) mass is 1020 g/mol. The van der Waals surface area contributed by atoms with E-state index in [2.05, 4.69) is 202 Å². The van der Waals surface area contributed by atoms with E-state index in [0.29, 0.717) is 11.3 Å². The molecule has 9 heteroatoms. The molecule has 0 spiro atoms. The van der Waals surface area contributed by atoms with Crippen LogP contribution < -0.4 is 26.1 Å². The molecule has 0 saturated heterocycles. The van der Waals surface area contributed by atoms with Crippen molar-refractivity contribution >= 4 is 94.1 Å². The number of fused-ring (bicyclic) bond motifs is 1. The van der Waals surface area contributed by atoms with E-state index >= 15 is 0 Å². The first kappa shape index (κ1) is 44.0. The van der Waals surface area contributed by atoms with Gasteiger partial charge in [0.2, 0.25) is 5.90 Å². The van der Waals surface area contributed by atoms with Gasteiger partial charge in [-0.1, -0.05) is 30.3 Å². The van der Waals surface area contributed by atoms with Crippen LogP contribution in [-0.2, 0) is 17.3 Å². The Morgan fingerprint density at radius 3 is 1.10 bits per heavy atom. The number of benzene rings is 8. The van der Waals surface area contributed by atoms with Crippen molar-refractivity contribution in [1.82, 2.24) is 0 Å². The van der Waals surface area contributed by atoms with E-state index in [1.54, 1.807) is 30.3 Å². The molecular weight excluding hydrogens is 975 g/mol. The van der Waals surface area contributed by atoms with Crippen LogP contribution in [0.5, 0.6) is 0 Å². The van der Waals surface area contributed by atoms with Crippen molar-refractivity contribution < 1.29 is 32.3 Å². The zero-order chi connectivity index (χ0) is 41.9. The van der Waals surface area contributed by atoms with Crippen LogP contribution >= 0.6 is 9.69 Å². The molecule has 0 fully saturated rings. The molecule has 0 atom stereocenters. The van der Waals surface area contributed by atoms with Crippen molar-refractivity contribution in [3.63, 3.8) is 0 Å². The fraction of sp³-hybridized carbons (Fsp3) is 0. The maximum absolute atomic E-state index is 11.2. The zero-order valence-corrected chi connectivity index (χ0v) is 38.5. The van der Waals surface area contributed by atoms with E-state index in [0.717, 1.165) is 0 Å². The number of rotatable bonds is 8. The van der Waals surface area contributed by atoms with Crippen LogP contribution in [0.3, 0.4) is 0 Å². The quantitative estimate of drug-likeness (QED) is 0.151. The molecule has 0 unspecified atom stereocenters. The second kappa shape index (κ2) is 23.3. The number of halogens is 1. The number of hydrogen-bond acceptors (Lipinski definition) is 3. The fourth-order valence-corrected chi connectivity index (χ4v) is 16.1. The summed E-state index contributed by atoms with van der Waals surface area (Å²) >= 11 is -0.957. The number of carboxylic acid groups (broad SMARTS) is 1. The Bertz CT molecular complexity index is 2300. The maximum atomic E-state index is 11.2. The Kier molecular flexibility index (Phi) is 17.0.